The van der Waals surface area contributed by atoms with Crippen LogP contribution in [0, 0.1) is 0 Å². The molecular weight excluding hydrogens is 421 g/mol. The van der Waals surface area contributed by atoms with Crippen molar-refractivity contribution in [1.82, 2.24) is 15.2 Å². The maximum absolute atomic E-state index is 13.4. The van der Waals surface area contributed by atoms with Gasteiger partial charge in [0.2, 0.25) is 0 Å². The number of hydrogen-bond acceptors (Lipinski definition) is 4. The summed E-state index contributed by atoms with van der Waals surface area (Å²) < 4.78 is 5.25. The van der Waals surface area contributed by atoms with Crippen LogP contribution < -0.4 is 10.1 Å². The smallest absolute Gasteiger partial charge is 0.254 e. The number of nitrogens with zero attached hydrogens (tertiary/aromatic N) is 2. The minimum absolute atomic E-state index is 0. The molecule has 1 atom stereocenters. The number of halogens is 2. The number of methoxy groups -OCH3 is 1. The van der Waals surface area contributed by atoms with Crippen LogP contribution in [0.25, 0.3) is 22.2 Å². The predicted molar refractivity (Wildman–Crippen MR) is 126 cm³/mol. The molecule has 30 heavy (non-hydrogen) atoms. The molecule has 7 heteroatoms. The zero-order chi connectivity index (χ0) is 19.5. The number of fused-ring (bicyclic) bond motifs is 1. The van der Waals surface area contributed by atoms with E-state index in [1.165, 1.54) is 0 Å². The summed E-state index contributed by atoms with van der Waals surface area (Å²) in [5, 5.41) is 4.21. The number of hydrogen-bond donors (Lipinski definition) is 1. The fourth-order valence-corrected chi connectivity index (χ4v) is 3.83. The molecule has 3 aromatic rings. The van der Waals surface area contributed by atoms with Gasteiger partial charge in [0.25, 0.3) is 5.91 Å². The van der Waals surface area contributed by atoms with Gasteiger partial charge >= 0.3 is 0 Å². The quantitative estimate of drug-likeness (QED) is 0.635. The number of para-hydroxylation sites is 1. The minimum atomic E-state index is 0. The second kappa shape index (κ2) is 10.6. The Hall–Kier alpha value is -2.34. The van der Waals surface area contributed by atoms with Crippen molar-refractivity contribution in [2.75, 3.05) is 27.2 Å². The van der Waals surface area contributed by atoms with E-state index in [2.05, 4.69) is 5.32 Å². The molecule has 1 aromatic heterocycles. The van der Waals surface area contributed by atoms with Crippen LogP contribution >= 0.6 is 24.8 Å². The van der Waals surface area contributed by atoms with Gasteiger partial charge in [0.1, 0.15) is 5.75 Å². The van der Waals surface area contributed by atoms with E-state index >= 15 is 0 Å². The number of aromatic nitrogens is 1. The molecule has 4 rings (SSSR count). The van der Waals surface area contributed by atoms with E-state index in [0.29, 0.717) is 11.6 Å². The van der Waals surface area contributed by atoms with Crippen LogP contribution in [0.5, 0.6) is 5.75 Å². The first-order chi connectivity index (χ1) is 13.7. The van der Waals surface area contributed by atoms with E-state index in [1.807, 2.05) is 66.5 Å². The number of benzene rings is 2. The predicted octanol–water partition coefficient (Wildman–Crippen LogP) is 4.58. The maximum atomic E-state index is 13.4. The topological polar surface area (TPSA) is 54.5 Å². The molecule has 160 valence electrons. The van der Waals surface area contributed by atoms with E-state index in [0.717, 1.165) is 53.8 Å². The lowest BCUT2D eigenvalue weighted by molar-refractivity contribution is 0.0700. The highest BCUT2D eigenvalue weighted by atomic mass is 35.5. The highest BCUT2D eigenvalue weighted by Gasteiger charge is 2.25. The Morgan fingerprint density at radius 1 is 1.13 bits per heavy atom. The molecule has 1 aliphatic rings. The second-order valence-electron chi connectivity index (χ2n) is 7.18. The number of likely N-dealkylation sites (tertiary alicyclic amines) is 1. The van der Waals surface area contributed by atoms with Crippen LogP contribution in [0.4, 0.5) is 0 Å². The van der Waals surface area contributed by atoms with Crippen molar-refractivity contribution in [2.24, 2.45) is 0 Å². The lowest BCUT2D eigenvalue weighted by atomic mass is 10.0. The van der Waals surface area contributed by atoms with Gasteiger partial charge in [-0.3, -0.25) is 4.79 Å². The first-order valence-electron chi connectivity index (χ1n) is 9.70. The van der Waals surface area contributed by atoms with Crippen molar-refractivity contribution in [3.8, 4) is 17.0 Å². The monoisotopic (exact) mass is 447 g/mol. The van der Waals surface area contributed by atoms with Gasteiger partial charge in [0, 0.05) is 30.1 Å². The van der Waals surface area contributed by atoms with Crippen molar-refractivity contribution >= 4 is 41.6 Å². The molecule has 0 radical (unpaired) electrons. The number of carbonyl (C=O) groups is 1. The van der Waals surface area contributed by atoms with Gasteiger partial charge in [0.15, 0.2) is 0 Å². The van der Waals surface area contributed by atoms with Crippen molar-refractivity contribution in [1.29, 1.82) is 0 Å². The number of ether oxygens (including phenoxy) is 1. The Balaban J connectivity index is 0.00000160. The molecule has 1 fully saturated rings. The molecule has 1 unspecified atom stereocenters. The van der Waals surface area contributed by atoms with Gasteiger partial charge in [-0.05, 0) is 56.3 Å². The Bertz CT molecular complexity index is 995. The summed E-state index contributed by atoms with van der Waals surface area (Å²) >= 11 is 0. The zero-order valence-corrected chi connectivity index (χ0v) is 18.8. The number of piperidine rings is 1. The highest BCUT2D eigenvalue weighted by molar-refractivity contribution is 6.07. The highest BCUT2D eigenvalue weighted by Crippen LogP contribution is 2.27. The van der Waals surface area contributed by atoms with Crippen LogP contribution in [0.2, 0.25) is 0 Å². The number of amides is 1. The molecule has 0 spiro atoms. The molecule has 0 bridgehead atoms. The third kappa shape index (κ3) is 4.86. The Kier molecular flexibility index (Phi) is 8.47. The SMILES string of the molecule is CNC1CCCN(C(=O)c2cc(-c3ccc(OC)cc3)nc3ccccc23)C1.Cl.Cl. The maximum Gasteiger partial charge on any atom is 0.254 e. The van der Waals surface area contributed by atoms with E-state index in [4.69, 9.17) is 9.72 Å². The standard InChI is InChI=1S/C23H25N3O2.2ClH/c1-24-17-6-5-13-26(15-17)23(27)20-14-22(16-9-11-18(28-2)12-10-16)25-21-8-4-3-7-19(20)21;;/h3-4,7-12,14,17,24H,5-6,13,15H2,1-2H3;2*1H. The third-order valence-electron chi connectivity index (χ3n) is 5.45. The molecule has 1 aliphatic heterocycles. The summed E-state index contributed by atoms with van der Waals surface area (Å²) in [5.74, 6) is 0.876. The Labute approximate surface area is 189 Å². The number of nitrogens with one attached hydrogen (secondary N) is 1. The zero-order valence-electron chi connectivity index (χ0n) is 17.1. The molecule has 2 heterocycles. The van der Waals surface area contributed by atoms with E-state index in [-0.39, 0.29) is 30.7 Å². The van der Waals surface area contributed by atoms with E-state index < -0.39 is 0 Å². The number of likely N-dealkylation sites (N-methyl/N-ethyl adjacent to an activating group) is 1. The lowest BCUT2D eigenvalue weighted by Gasteiger charge is -2.33. The van der Waals surface area contributed by atoms with Gasteiger partial charge in [-0.1, -0.05) is 18.2 Å². The number of rotatable bonds is 4. The summed E-state index contributed by atoms with van der Waals surface area (Å²) in [4.78, 5) is 20.2. The molecule has 2 aromatic carbocycles. The van der Waals surface area contributed by atoms with E-state index in [1.54, 1.807) is 7.11 Å². The number of pyridine rings is 1. The average molecular weight is 448 g/mol. The lowest BCUT2D eigenvalue weighted by Crippen LogP contribution is -2.47. The van der Waals surface area contributed by atoms with Crippen molar-refractivity contribution in [3.63, 3.8) is 0 Å². The third-order valence-corrected chi connectivity index (χ3v) is 5.45. The fourth-order valence-electron chi connectivity index (χ4n) is 3.83. The Morgan fingerprint density at radius 2 is 1.87 bits per heavy atom. The van der Waals surface area contributed by atoms with Crippen LogP contribution in [0.1, 0.15) is 23.2 Å². The second-order valence-corrected chi connectivity index (χ2v) is 7.18. The van der Waals surface area contributed by atoms with Crippen molar-refractivity contribution in [3.05, 3.63) is 60.2 Å². The number of carbonyl (C=O) groups excluding carboxylic acids is 1. The molecule has 1 saturated heterocycles. The van der Waals surface area contributed by atoms with Gasteiger partial charge in [-0.15, -0.1) is 24.8 Å². The minimum Gasteiger partial charge on any atom is -0.497 e. The van der Waals surface area contributed by atoms with Crippen molar-refractivity contribution < 1.29 is 9.53 Å². The van der Waals surface area contributed by atoms with Crippen LogP contribution in [0.3, 0.4) is 0 Å². The first kappa shape index (κ1) is 23.9. The van der Waals surface area contributed by atoms with Gasteiger partial charge in [-0.2, -0.15) is 0 Å². The Morgan fingerprint density at radius 3 is 2.57 bits per heavy atom. The largest absolute Gasteiger partial charge is 0.497 e. The van der Waals surface area contributed by atoms with Gasteiger partial charge < -0.3 is 15.0 Å². The summed E-state index contributed by atoms with van der Waals surface area (Å²) in [5.41, 5.74) is 3.31. The molecule has 1 amide bonds. The molecule has 1 N–H and O–H groups in total. The molecule has 0 saturated carbocycles. The van der Waals surface area contributed by atoms with Crippen LogP contribution in [-0.4, -0.2) is 49.1 Å². The van der Waals surface area contributed by atoms with Crippen LogP contribution in [-0.2, 0) is 0 Å². The first-order valence-corrected chi connectivity index (χ1v) is 9.70. The summed E-state index contributed by atoms with van der Waals surface area (Å²) in [6, 6.07) is 17.9. The van der Waals surface area contributed by atoms with Crippen LogP contribution in [0.15, 0.2) is 54.6 Å². The van der Waals surface area contributed by atoms with Crippen molar-refractivity contribution in [2.45, 2.75) is 18.9 Å². The van der Waals surface area contributed by atoms with Gasteiger partial charge in [-0.25, -0.2) is 4.98 Å². The summed E-state index contributed by atoms with van der Waals surface area (Å²) in [6.45, 7) is 1.54. The average Bonchev–Trinajstić information content (AvgIpc) is 2.78. The van der Waals surface area contributed by atoms with Gasteiger partial charge in [0.05, 0.1) is 23.9 Å². The molecule has 0 aliphatic carbocycles. The summed E-state index contributed by atoms with van der Waals surface area (Å²) in [7, 11) is 3.61. The van der Waals surface area contributed by atoms with E-state index in [9.17, 15) is 4.79 Å². The molecular formula is C23H27Cl2N3O2. The normalized spacial score (nSPS) is 15.8. The molecule has 5 nitrogen and oxygen atoms in total. The fraction of sp³-hybridized carbons (Fsp3) is 0.304. The summed E-state index contributed by atoms with van der Waals surface area (Å²) in [6.07, 6.45) is 2.13.